The molecule has 0 aliphatic rings. The normalized spacial score (nSPS) is 12.8. The zero-order valence-corrected chi connectivity index (χ0v) is 9.11. The third-order valence-electron chi connectivity index (χ3n) is 1.91. The first-order valence-corrected chi connectivity index (χ1v) is 5.90. The summed E-state index contributed by atoms with van der Waals surface area (Å²) in [5.41, 5.74) is 1.12. The maximum Gasteiger partial charge on any atom is 0.0507 e. The Morgan fingerprint density at radius 1 is 1.54 bits per heavy atom. The van der Waals surface area contributed by atoms with Crippen LogP contribution in [0, 0.1) is 0 Å². The number of halogens is 1. The number of aliphatic hydroxyl groups is 1. The largest absolute Gasteiger partial charge is 0.396 e. The van der Waals surface area contributed by atoms with Gasteiger partial charge in [-0.3, -0.25) is 0 Å². The molecular formula is C10H13ClOS. The first kappa shape index (κ1) is 10.9. The van der Waals surface area contributed by atoms with Gasteiger partial charge in [-0.05, 0) is 24.0 Å². The topological polar surface area (TPSA) is 20.2 Å². The van der Waals surface area contributed by atoms with Crippen molar-refractivity contribution < 1.29 is 5.11 Å². The molecule has 0 radical (unpaired) electrons. The van der Waals surface area contributed by atoms with E-state index in [4.69, 9.17) is 16.7 Å². The van der Waals surface area contributed by atoms with Crippen molar-refractivity contribution >= 4 is 23.4 Å². The van der Waals surface area contributed by atoms with Crippen molar-refractivity contribution in [3.8, 4) is 0 Å². The van der Waals surface area contributed by atoms with E-state index in [-0.39, 0.29) is 12.5 Å². The summed E-state index contributed by atoms with van der Waals surface area (Å²) in [5.74, 6) is 1.13. The molecule has 1 unspecified atom stereocenters. The number of aliphatic hydroxyl groups excluding tert-OH is 1. The van der Waals surface area contributed by atoms with Crippen LogP contribution in [0.25, 0.3) is 0 Å². The molecular weight excluding hydrogens is 204 g/mol. The standard InChI is InChI=1S/C10H13ClOS/c1-13-7-9(6-12)8-3-2-4-10(11)5-8/h2-5,9,12H,6-7H2,1H3. The molecule has 1 rings (SSSR count). The van der Waals surface area contributed by atoms with E-state index in [1.807, 2.05) is 30.5 Å². The third-order valence-corrected chi connectivity index (χ3v) is 2.88. The van der Waals surface area contributed by atoms with E-state index >= 15 is 0 Å². The minimum Gasteiger partial charge on any atom is -0.396 e. The summed E-state index contributed by atoms with van der Waals surface area (Å²) in [6, 6.07) is 7.68. The lowest BCUT2D eigenvalue weighted by molar-refractivity contribution is 0.275. The van der Waals surface area contributed by atoms with E-state index in [1.54, 1.807) is 11.8 Å². The molecule has 0 fully saturated rings. The quantitative estimate of drug-likeness (QED) is 0.836. The smallest absolute Gasteiger partial charge is 0.0507 e. The van der Waals surface area contributed by atoms with Gasteiger partial charge in [-0.2, -0.15) is 11.8 Å². The van der Waals surface area contributed by atoms with Crippen LogP contribution in [0.1, 0.15) is 11.5 Å². The van der Waals surface area contributed by atoms with Crippen LogP contribution in [0.4, 0.5) is 0 Å². The SMILES string of the molecule is CSCC(CO)c1cccc(Cl)c1. The Hall–Kier alpha value is -0.180. The van der Waals surface area contributed by atoms with E-state index in [1.165, 1.54) is 0 Å². The zero-order valence-electron chi connectivity index (χ0n) is 7.53. The lowest BCUT2D eigenvalue weighted by Gasteiger charge is -2.12. The molecule has 0 heterocycles. The van der Waals surface area contributed by atoms with Gasteiger partial charge in [-0.15, -0.1) is 0 Å². The van der Waals surface area contributed by atoms with Crippen LogP contribution in [0.2, 0.25) is 5.02 Å². The monoisotopic (exact) mass is 216 g/mol. The highest BCUT2D eigenvalue weighted by Crippen LogP contribution is 2.21. The van der Waals surface area contributed by atoms with Gasteiger partial charge in [0, 0.05) is 16.7 Å². The van der Waals surface area contributed by atoms with E-state index in [0.29, 0.717) is 0 Å². The first-order valence-electron chi connectivity index (χ1n) is 4.13. The Kier molecular flexibility index (Phi) is 4.64. The second kappa shape index (κ2) is 5.53. The maximum absolute atomic E-state index is 9.15. The summed E-state index contributed by atoms with van der Waals surface area (Å²) < 4.78 is 0. The van der Waals surface area contributed by atoms with Gasteiger partial charge in [0.2, 0.25) is 0 Å². The average Bonchev–Trinajstić information content (AvgIpc) is 2.14. The Bertz CT molecular complexity index is 265. The van der Waals surface area contributed by atoms with Gasteiger partial charge < -0.3 is 5.11 Å². The van der Waals surface area contributed by atoms with E-state index in [2.05, 4.69) is 0 Å². The molecule has 0 saturated heterocycles. The van der Waals surface area contributed by atoms with Crippen LogP contribution >= 0.6 is 23.4 Å². The fourth-order valence-corrected chi connectivity index (χ4v) is 2.12. The molecule has 1 nitrogen and oxygen atoms in total. The molecule has 3 heteroatoms. The zero-order chi connectivity index (χ0) is 9.68. The lowest BCUT2D eigenvalue weighted by Crippen LogP contribution is -2.06. The molecule has 0 amide bonds. The van der Waals surface area contributed by atoms with Crippen molar-refractivity contribution in [1.29, 1.82) is 0 Å². The molecule has 0 aliphatic carbocycles. The summed E-state index contributed by atoms with van der Waals surface area (Å²) >= 11 is 7.59. The van der Waals surface area contributed by atoms with Crippen molar-refractivity contribution in [2.45, 2.75) is 5.92 Å². The number of hydrogen-bond donors (Lipinski definition) is 1. The minimum atomic E-state index is 0.182. The van der Waals surface area contributed by atoms with Crippen LogP contribution in [0.3, 0.4) is 0 Å². The first-order chi connectivity index (χ1) is 6.27. The second-order valence-electron chi connectivity index (χ2n) is 2.89. The third kappa shape index (κ3) is 3.22. The lowest BCUT2D eigenvalue weighted by atomic mass is 10.0. The number of benzene rings is 1. The highest BCUT2D eigenvalue weighted by atomic mass is 35.5. The van der Waals surface area contributed by atoms with Crippen LogP contribution < -0.4 is 0 Å². The fourth-order valence-electron chi connectivity index (χ4n) is 1.22. The Morgan fingerprint density at radius 2 is 2.31 bits per heavy atom. The molecule has 0 aliphatic heterocycles. The number of hydrogen-bond acceptors (Lipinski definition) is 2. The molecule has 72 valence electrons. The predicted molar refractivity (Wildman–Crippen MR) is 59.7 cm³/mol. The van der Waals surface area contributed by atoms with Crippen LogP contribution in [0.15, 0.2) is 24.3 Å². The van der Waals surface area contributed by atoms with Crippen molar-refractivity contribution in [3.63, 3.8) is 0 Å². The van der Waals surface area contributed by atoms with Gasteiger partial charge in [0.25, 0.3) is 0 Å². The van der Waals surface area contributed by atoms with E-state index in [9.17, 15) is 0 Å². The fraction of sp³-hybridized carbons (Fsp3) is 0.400. The average molecular weight is 217 g/mol. The van der Waals surface area contributed by atoms with Crippen molar-refractivity contribution in [1.82, 2.24) is 0 Å². The van der Waals surface area contributed by atoms with Gasteiger partial charge >= 0.3 is 0 Å². The van der Waals surface area contributed by atoms with Gasteiger partial charge in [-0.1, -0.05) is 23.7 Å². The summed E-state index contributed by atoms with van der Waals surface area (Å²) in [6.45, 7) is 0.182. The summed E-state index contributed by atoms with van der Waals surface area (Å²) in [7, 11) is 0. The molecule has 0 saturated carbocycles. The minimum absolute atomic E-state index is 0.182. The molecule has 13 heavy (non-hydrogen) atoms. The van der Waals surface area contributed by atoms with E-state index < -0.39 is 0 Å². The Balaban J connectivity index is 2.78. The number of thioether (sulfide) groups is 1. The molecule has 0 spiro atoms. The summed E-state index contributed by atoms with van der Waals surface area (Å²) in [6.07, 6.45) is 2.03. The van der Waals surface area contributed by atoms with Crippen molar-refractivity contribution in [2.24, 2.45) is 0 Å². The molecule has 1 aromatic rings. The van der Waals surface area contributed by atoms with Gasteiger partial charge in [-0.25, -0.2) is 0 Å². The summed E-state index contributed by atoms with van der Waals surface area (Å²) in [4.78, 5) is 0. The molecule has 1 N–H and O–H groups in total. The highest BCUT2D eigenvalue weighted by Gasteiger charge is 2.09. The molecule has 1 aromatic carbocycles. The number of rotatable bonds is 4. The van der Waals surface area contributed by atoms with Crippen LogP contribution in [0.5, 0.6) is 0 Å². The van der Waals surface area contributed by atoms with Crippen LogP contribution in [-0.4, -0.2) is 23.7 Å². The predicted octanol–water partition coefficient (Wildman–Crippen LogP) is 2.78. The summed E-state index contributed by atoms with van der Waals surface area (Å²) in [5, 5.41) is 9.88. The molecule has 0 bridgehead atoms. The van der Waals surface area contributed by atoms with Crippen molar-refractivity contribution in [3.05, 3.63) is 34.9 Å². The maximum atomic E-state index is 9.15. The van der Waals surface area contributed by atoms with Gasteiger partial charge in [0.15, 0.2) is 0 Å². The Morgan fingerprint density at radius 3 is 2.85 bits per heavy atom. The van der Waals surface area contributed by atoms with Gasteiger partial charge in [0.05, 0.1) is 6.61 Å². The molecule has 0 aromatic heterocycles. The van der Waals surface area contributed by atoms with E-state index in [0.717, 1.165) is 16.3 Å². The van der Waals surface area contributed by atoms with Crippen molar-refractivity contribution in [2.75, 3.05) is 18.6 Å². The second-order valence-corrected chi connectivity index (χ2v) is 4.24. The molecule has 1 atom stereocenters. The van der Waals surface area contributed by atoms with Gasteiger partial charge in [0.1, 0.15) is 0 Å². The van der Waals surface area contributed by atoms with Crippen LogP contribution in [-0.2, 0) is 0 Å². The highest BCUT2D eigenvalue weighted by molar-refractivity contribution is 7.98. The Labute approximate surface area is 88.1 Å².